The van der Waals surface area contributed by atoms with E-state index >= 15 is 0 Å². The van der Waals surface area contributed by atoms with E-state index in [9.17, 15) is 0 Å². The maximum atomic E-state index is 6.27. The molecule has 0 saturated heterocycles. The number of anilines is 1. The fraction of sp³-hybridized carbons (Fsp3) is 0.167. The Morgan fingerprint density at radius 2 is 1.67 bits per heavy atom. The van der Waals surface area contributed by atoms with Gasteiger partial charge in [-0.05, 0) is 73.2 Å². The molecule has 0 fully saturated rings. The number of halogens is 2. The standard InChI is InChI=1S/C30H25BrClN3S/c1-19-6-2-3-8-25(19)33-29(36)28-27(21-11-15-23(32)16-12-21)24-7-4-5-17-34-26(18-35(28)30(24)34)20-9-13-22(31)14-10-20/h2-3,6,8-16,18H,4-5,7,17H2,1H3,(H,33,36). The highest BCUT2D eigenvalue weighted by atomic mass is 79.9. The average molecular weight is 575 g/mol. The molecular formula is C30H25BrClN3S. The lowest BCUT2D eigenvalue weighted by molar-refractivity contribution is 0.647. The monoisotopic (exact) mass is 573 g/mol. The number of nitrogens with zero attached hydrogens (tertiary/aromatic N) is 2. The third-order valence-corrected chi connectivity index (χ3v) is 8.09. The zero-order chi connectivity index (χ0) is 24.8. The zero-order valence-electron chi connectivity index (χ0n) is 19.9. The third-order valence-electron chi connectivity index (χ3n) is 7.02. The number of hydrogen-bond acceptors (Lipinski definition) is 1. The van der Waals surface area contributed by atoms with Gasteiger partial charge in [0.1, 0.15) is 10.6 Å². The van der Waals surface area contributed by atoms with Crippen molar-refractivity contribution in [2.24, 2.45) is 0 Å². The summed E-state index contributed by atoms with van der Waals surface area (Å²) in [5.41, 5.74) is 10.6. The van der Waals surface area contributed by atoms with Crippen LogP contribution in [-0.2, 0) is 13.0 Å². The highest BCUT2D eigenvalue weighted by Crippen LogP contribution is 2.40. The van der Waals surface area contributed by atoms with Crippen molar-refractivity contribution in [3.05, 3.63) is 105 Å². The molecule has 1 aliphatic rings. The van der Waals surface area contributed by atoms with Gasteiger partial charge in [0, 0.05) is 39.1 Å². The van der Waals surface area contributed by atoms with Crippen LogP contribution in [0, 0.1) is 6.92 Å². The molecule has 2 aromatic heterocycles. The lowest BCUT2D eigenvalue weighted by atomic mass is 9.98. The summed E-state index contributed by atoms with van der Waals surface area (Å²) < 4.78 is 5.87. The summed E-state index contributed by atoms with van der Waals surface area (Å²) in [5, 5.41) is 4.29. The molecule has 0 radical (unpaired) electrons. The molecule has 0 amide bonds. The maximum absolute atomic E-state index is 6.27. The molecule has 36 heavy (non-hydrogen) atoms. The van der Waals surface area contributed by atoms with Crippen molar-refractivity contribution in [1.82, 2.24) is 8.97 Å². The molecule has 180 valence electrons. The molecule has 6 heteroatoms. The van der Waals surface area contributed by atoms with Crippen LogP contribution in [0.5, 0.6) is 0 Å². The van der Waals surface area contributed by atoms with Gasteiger partial charge < -0.3 is 9.88 Å². The summed E-state index contributed by atoms with van der Waals surface area (Å²) in [6.45, 7) is 3.08. The van der Waals surface area contributed by atoms with Gasteiger partial charge in [-0.25, -0.2) is 0 Å². The van der Waals surface area contributed by atoms with Crippen LogP contribution in [0.3, 0.4) is 0 Å². The Morgan fingerprint density at radius 1 is 0.944 bits per heavy atom. The van der Waals surface area contributed by atoms with E-state index in [1.807, 2.05) is 24.3 Å². The van der Waals surface area contributed by atoms with Crippen molar-refractivity contribution in [1.29, 1.82) is 0 Å². The Balaban J connectivity index is 1.62. The molecular weight excluding hydrogens is 550 g/mol. The Labute approximate surface area is 229 Å². The second-order valence-corrected chi connectivity index (χ2v) is 11.1. The van der Waals surface area contributed by atoms with Crippen LogP contribution in [0.4, 0.5) is 5.69 Å². The predicted molar refractivity (Wildman–Crippen MR) is 158 cm³/mol. The van der Waals surface area contributed by atoms with Crippen LogP contribution < -0.4 is 5.32 Å². The van der Waals surface area contributed by atoms with Crippen LogP contribution in [-0.4, -0.2) is 14.0 Å². The number of para-hydroxylation sites is 1. The number of nitrogens with one attached hydrogen (secondary N) is 1. The van der Waals surface area contributed by atoms with E-state index in [0.717, 1.165) is 62.8 Å². The minimum atomic E-state index is 0.718. The van der Waals surface area contributed by atoms with Crippen molar-refractivity contribution in [3.63, 3.8) is 0 Å². The second kappa shape index (κ2) is 9.55. The van der Waals surface area contributed by atoms with E-state index in [1.165, 1.54) is 28.0 Å². The summed E-state index contributed by atoms with van der Waals surface area (Å²) in [6, 6.07) is 25.0. The number of aryl methyl sites for hydroxylation is 3. The quantitative estimate of drug-likeness (QED) is 0.216. The summed E-state index contributed by atoms with van der Waals surface area (Å²) in [4.78, 5) is 0.718. The Morgan fingerprint density at radius 3 is 2.42 bits per heavy atom. The molecule has 0 spiro atoms. The van der Waals surface area contributed by atoms with Gasteiger partial charge in [-0.2, -0.15) is 0 Å². The van der Waals surface area contributed by atoms with Gasteiger partial charge in [-0.15, -0.1) is 0 Å². The van der Waals surface area contributed by atoms with Crippen molar-refractivity contribution < 1.29 is 0 Å². The third kappa shape index (κ3) is 4.09. The van der Waals surface area contributed by atoms with E-state index in [-0.39, 0.29) is 0 Å². The van der Waals surface area contributed by atoms with E-state index in [1.54, 1.807) is 0 Å². The lowest BCUT2D eigenvalue weighted by Crippen LogP contribution is -2.14. The molecule has 0 bridgehead atoms. The first-order valence-electron chi connectivity index (χ1n) is 12.2. The van der Waals surface area contributed by atoms with E-state index in [0.29, 0.717) is 0 Å². The molecule has 0 unspecified atom stereocenters. The fourth-order valence-corrected chi connectivity index (χ4v) is 5.98. The first kappa shape index (κ1) is 23.5. The smallest absolute Gasteiger partial charge is 0.128 e. The number of imidazole rings is 1. The lowest BCUT2D eigenvalue weighted by Gasteiger charge is -2.13. The van der Waals surface area contributed by atoms with Gasteiger partial charge in [0.2, 0.25) is 0 Å². The average Bonchev–Trinajstić information content (AvgIpc) is 3.29. The normalized spacial score (nSPS) is 13.1. The summed E-state index contributed by atoms with van der Waals surface area (Å²) in [7, 11) is 0. The van der Waals surface area contributed by atoms with Crippen LogP contribution in [0.15, 0.2) is 83.5 Å². The maximum Gasteiger partial charge on any atom is 0.128 e. The predicted octanol–water partition coefficient (Wildman–Crippen LogP) is 8.92. The van der Waals surface area contributed by atoms with Crippen LogP contribution >= 0.6 is 39.7 Å². The van der Waals surface area contributed by atoms with Gasteiger partial charge >= 0.3 is 0 Å². The highest BCUT2D eigenvalue weighted by molar-refractivity contribution is 9.10. The highest BCUT2D eigenvalue weighted by Gasteiger charge is 2.28. The van der Waals surface area contributed by atoms with Crippen molar-refractivity contribution in [3.8, 4) is 22.4 Å². The van der Waals surface area contributed by atoms with Crippen molar-refractivity contribution in [2.75, 3.05) is 5.32 Å². The first-order valence-corrected chi connectivity index (χ1v) is 13.7. The Kier molecular flexibility index (Phi) is 6.24. The van der Waals surface area contributed by atoms with Crippen LogP contribution in [0.25, 0.3) is 28.0 Å². The first-order chi connectivity index (χ1) is 17.5. The molecule has 1 aliphatic heterocycles. The number of thiocarbonyl (C=S) groups is 1. The molecule has 0 atom stereocenters. The molecule has 5 aromatic rings. The zero-order valence-corrected chi connectivity index (χ0v) is 23.1. The minimum absolute atomic E-state index is 0.718. The van der Waals surface area contributed by atoms with Gasteiger partial charge in [-0.3, -0.25) is 4.40 Å². The van der Waals surface area contributed by atoms with Gasteiger partial charge in [0.15, 0.2) is 0 Å². The SMILES string of the molecule is Cc1ccccc1NC(=S)c1c(-c2ccc(Cl)cc2)c2c3n(c(-c4ccc(Br)cc4)cn13)CCCC2. The van der Waals surface area contributed by atoms with Crippen molar-refractivity contribution in [2.45, 2.75) is 32.7 Å². The topological polar surface area (TPSA) is 21.4 Å². The van der Waals surface area contributed by atoms with E-state index < -0.39 is 0 Å². The number of aromatic nitrogens is 2. The Hall–Kier alpha value is -2.86. The Bertz CT molecular complexity index is 1600. The van der Waals surface area contributed by atoms with Crippen LogP contribution in [0.1, 0.15) is 29.7 Å². The second-order valence-electron chi connectivity index (χ2n) is 9.30. The van der Waals surface area contributed by atoms with Crippen LogP contribution in [0.2, 0.25) is 5.02 Å². The van der Waals surface area contributed by atoms with Gasteiger partial charge in [0.05, 0.1) is 11.4 Å². The van der Waals surface area contributed by atoms with E-state index in [4.69, 9.17) is 23.8 Å². The minimum Gasteiger partial charge on any atom is -0.345 e. The largest absolute Gasteiger partial charge is 0.345 e. The molecule has 1 N–H and O–H groups in total. The molecule has 0 aliphatic carbocycles. The molecule has 3 nitrogen and oxygen atoms in total. The fourth-order valence-electron chi connectivity index (χ4n) is 5.28. The van der Waals surface area contributed by atoms with Crippen molar-refractivity contribution >= 4 is 56.1 Å². The number of benzene rings is 3. The summed E-state index contributed by atoms with van der Waals surface area (Å²) in [5.74, 6) is 0. The number of rotatable bonds is 4. The molecule has 3 heterocycles. The summed E-state index contributed by atoms with van der Waals surface area (Å²) >= 11 is 16.0. The molecule has 3 aromatic carbocycles. The van der Waals surface area contributed by atoms with E-state index in [2.05, 4.69) is 91.9 Å². The molecule has 0 saturated carbocycles. The van der Waals surface area contributed by atoms with Gasteiger partial charge in [-0.1, -0.05) is 82.2 Å². The molecule has 6 rings (SSSR count). The summed E-state index contributed by atoms with van der Waals surface area (Å²) in [6.07, 6.45) is 5.55. The van der Waals surface area contributed by atoms with Gasteiger partial charge in [0.25, 0.3) is 0 Å². The number of hydrogen-bond donors (Lipinski definition) is 1.